The van der Waals surface area contributed by atoms with Crippen LogP contribution < -0.4 is 29.6 Å². The summed E-state index contributed by atoms with van der Waals surface area (Å²) in [5.74, 6) is 0. The van der Waals surface area contributed by atoms with Gasteiger partial charge in [0.05, 0.1) is 6.61 Å². The van der Waals surface area contributed by atoms with Crippen LogP contribution in [-0.4, -0.2) is 25.9 Å². The molecule has 0 aliphatic heterocycles. The number of rotatable bonds is 32. The number of aldehydes is 1. The predicted octanol–water partition coefficient (Wildman–Crippen LogP) is 8.40. The van der Waals surface area contributed by atoms with Crippen molar-refractivity contribution in [1.29, 1.82) is 0 Å². The number of hydrogen-bond acceptors (Lipinski definition) is 5. The maximum absolute atomic E-state index is 10.2. The molecule has 7 heteroatoms. The summed E-state index contributed by atoms with van der Waals surface area (Å²) >= 11 is 0. The van der Waals surface area contributed by atoms with E-state index < -0.39 is 10.4 Å². The Morgan fingerprint density at radius 1 is 0.463 bits per heavy atom. The molecule has 242 valence electrons. The Kier molecular flexibility index (Phi) is 45.4. The second-order valence-electron chi connectivity index (χ2n) is 11.7. The molecule has 5 nitrogen and oxygen atoms in total. The average molecular weight is 613 g/mol. The first-order valence-corrected chi connectivity index (χ1v) is 18.8. The molecule has 0 aliphatic rings. The Morgan fingerprint density at radius 3 is 0.951 bits per heavy atom. The second kappa shape index (κ2) is 40.5. The maximum atomic E-state index is 10.2. The monoisotopic (exact) mass is 612 g/mol. The largest absolute Gasteiger partial charge is 1.00 e. The molecule has 0 aromatic carbocycles. The van der Waals surface area contributed by atoms with E-state index in [-0.39, 0.29) is 36.2 Å². The van der Waals surface area contributed by atoms with Crippen molar-refractivity contribution in [2.24, 2.45) is 0 Å². The molecule has 0 aromatic rings. The first-order chi connectivity index (χ1) is 19.5. The summed E-state index contributed by atoms with van der Waals surface area (Å²) in [5, 5.41) is 0. The Bertz CT molecular complexity index is 571. The van der Waals surface area contributed by atoms with Crippen molar-refractivity contribution in [3.63, 3.8) is 0 Å². The van der Waals surface area contributed by atoms with Gasteiger partial charge < -0.3 is 9.35 Å². The summed E-state index contributed by atoms with van der Waals surface area (Å²) in [5.41, 5.74) is 0. The van der Waals surface area contributed by atoms with Gasteiger partial charge in [-0.3, -0.25) is 4.18 Å². The summed E-state index contributed by atoms with van der Waals surface area (Å²) in [7, 11) is -4.49. The quantitative estimate of drug-likeness (QED) is 0.0250. The van der Waals surface area contributed by atoms with Crippen molar-refractivity contribution in [1.82, 2.24) is 0 Å². The van der Waals surface area contributed by atoms with Crippen molar-refractivity contribution in [2.45, 2.75) is 206 Å². The van der Waals surface area contributed by atoms with Crippen LogP contribution in [0.3, 0.4) is 0 Å². The van der Waals surface area contributed by atoms with Crippen LogP contribution in [0.2, 0.25) is 0 Å². The fourth-order valence-electron chi connectivity index (χ4n) is 5.06. The van der Waals surface area contributed by atoms with Gasteiger partial charge in [-0.05, 0) is 12.8 Å². The molecule has 0 N–H and O–H groups in total. The van der Waals surface area contributed by atoms with E-state index in [4.69, 9.17) is 0 Å². The van der Waals surface area contributed by atoms with Crippen LogP contribution >= 0.6 is 0 Å². The minimum Gasteiger partial charge on any atom is -0.726 e. The van der Waals surface area contributed by atoms with E-state index in [1.54, 1.807) is 0 Å². The molecule has 0 atom stereocenters. The van der Waals surface area contributed by atoms with Crippen LogP contribution in [-0.2, 0) is 19.4 Å². The molecule has 0 rings (SSSR count). The zero-order valence-electron chi connectivity index (χ0n) is 27.9. The predicted molar refractivity (Wildman–Crippen MR) is 172 cm³/mol. The Balaban J connectivity index is -0.000000691. The van der Waals surface area contributed by atoms with E-state index in [2.05, 4.69) is 18.0 Å². The van der Waals surface area contributed by atoms with Crippen LogP contribution in [0.5, 0.6) is 0 Å². The van der Waals surface area contributed by atoms with Gasteiger partial charge in [0.1, 0.15) is 6.29 Å². The zero-order valence-corrected chi connectivity index (χ0v) is 30.8. The summed E-state index contributed by atoms with van der Waals surface area (Å²) in [6.07, 6.45) is 40.0. The molecular weight excluding hydrogens is 543 g/mol. The van der Waals surface area contributed by atoms with Crippen LogP contribution in [0, 0.1) is 0 Å². The standard InChI is InChI=1S/C18H36O.C16H34O4S.Na/c1-2-3-4-5-6-7-8-9-10-11-12-13-14-15-16-17-18-19;1-2-3-4-5-6-7-8-9-10-11-12-13-14-15-16-20-21(17,18)19;/h18H,2-17H2,1H3;2-16H2,1H3,(H,17,18,19);/q;;+1/p-1. The van der Waals surface area contributed by atoms with Crippen molar-refractivity contribution >= 4 is 16.7 Å². The molecule has 0 saturated heterocycles. The van der Waals surface area contributed by atoms with Crippen LogP contribution in [0.1, 0.15) is 206 Å². The van der Waals surface area contributed by atoms with Gasteiger partial charge >= 0.3 is 29.6 Å². The van der Waals surface area contributed by atoms with Crippen molar-refractivity contribution < 1.29 is 51.5 Å². The van der Waals surface area contributed by atoms with E-state index in [9.17, 15) is 17.8 Å². The number of hydrogen-bond donors (Lipinski definition) is 0. The first-order valence-electron chi connectivity index (χ1n) is 17.5. The summed E-state index contributed by atoms with van der Waals surface area (Å²) < 4.78 is 34.7. The topological polar surface area (TPSA) is 83.5 Å². The molecule has 0 heterocycles. The normalized spacial score (nSPS) is 11.1. The molecule has 0 bridgehead atoms. The van der Waals surface area contributed by atoms with Gasteiger partial charge in [-0.1, -0.05) is 187 Å². The van der Waals surface area contributed by atoms with Gasteiger partial charge in [0, 0.05) is 6.42 Å². The Hall–Kier alpha value is 0.540. The zero-order chi connectivity index (χ0) is 29.8. The summed E-state index contributed by atoms with van der Waals surface area (Å²) in [6, 6.07) is 0. The molecule has 0 spiro atoms. The molecule has 0 amide bonds. The van der Waals surface area contributed by atoms with E-state index in [1.165, 1.54) is 161 Å². The van der Waals surface area contributed by atoms with E-state index >= 15 is 0 Å². The van der Waals surface area contributed by atoms with Gasteiger partial charge in [-0.2, -0.15) is 0 Å². The fourth-order valence-corrected chi connectivity index (χ4v) is 5.38. The molecular formula is C34H69NaO5S. The molecule has 41 heavy (non-hydrogen) atoms. The van der Waals surface area contributed by atoms with E-state index in [0.29, 0.717) is 6.42 Å². The smallest absolute Gasteiger partial charge is 0.726 e. The third kappa shape index (κ3) is 50.5. The fraction of sp³-hybridized carbons (Fsp3) is 0.971. The van der Waals surface area contributed by atoms with Gasteiger partial charge in [0.2, 0.25) is 10.4 Å². The number of carbonyl (C=O) groups excluding carboxylic acids is 1. The van der Waals surface area contributed by atoms with Gasteiger partial charge in [-0.25, -0.2) is 8.42 Å². The minimum absolute atomic E-state index is 0. The first kappa shape index (κ1) is 46.0. The second-order valence-corrected chi connectivity index (χ2v) is 12.8. The molecule has 0 fully saturated rings. The summed E-state index contributed by atoms with van der Waals surface area (Å²) in [6.45, 7) is 4.56. The van der Waals surface area contributed by atoms with E-state index in [0.717, 1.165) is 32.0 Å². The molecule has 0 aromatic heterocycles. The Morgan fingerprint density at radius 2 is 0.707 bits per heavy atom. The minimum atomic E-state index is -4.49. The Labute approximate surface area is 279 Å². The SMILES string of the molecule is CCCCCCCCCCCCCCCCCC=O.CCCCCCCCCCCCCCCCOS(=O)(=O)[O-].[Na+]. The third-order valence-corrected chi connectivity index (χ3v) is 8.11. The van der Waals surface area contributed by atoms with Crippen LogP contribution in [0.25, 0.3) is 0 Å². The molecule has 0 aliphatic carbocycles. The van der Waals surface area contributed by atoms with Crippen molar-refractivity contribution in [3.8, 4) is 0 Å². The maximum Gasteiger partial charge on any atom is 1.00 e. The van der Waals surface area contributed by atoms with Gasteiger partial charge in [0.25, 0.3) is 0 Å². The van der Waals surface area contributed by atoms with Crippen molar-refractivity contribution in [3.05, 3.63) is 0 Å². The number of carbonyl (C=O) groups is 1. The van der Waals surface area contributed by atoms with Crippen LogP contribution in [0.15, 0.2) is 0 Å². The van der Waals surface area contributed by atoms with Crippen molar-refractivity contribution in [2.75, 3.05) is 6.61 Å². The molecule has 0 unspecified atom stereocenters. The van der Waals surface area contributed by atoms with Gasteiger partial charge in [-0.15, -0.1) is 0 Å². The summed E-state index contributed by atoms with van der Waals surface area (Å²) in [4.78, 5) is 10.1. The third-order valence-electron chi connectivity index (χ3n) is 7.65. The van der Waals surface area contributed by atoms with Crippen LogP contribution in [0.4, 0.5) is 0 Å². The molecule has 0 radical (unpaired) electrons. The molecule has 0 saturated carbocycles. The number of unbranched alkanes of at least 4 members (excludes halogenated alkanes) is 28. The van der Waals surface area contributed by atoms with E-state index in [1.807, 2.05) is 0 Å². The average Bonchev–Trinajstić information content (AvgIpc) is 2.93. The van der Waals surface area contributed by atoms with Gasteiger partial charge in [0.15, 0.2) is 0 Å².